The molecule has 0 saturated carbocycles. The van der Waals surface area contributed by atoms with Crippen LogP contribution in [0.1, 0.15) is 24.0 Å². The van der Waals surface area contributed by atoms with Gasteiger partial charge in [0.15, 0.2) is 5.90 Å². The topological polar surface area (TPSA) is 41.9 Å². The number of allylic oxidation sites excluding steroid dienone is 2. The molecule has 29 heavy (non-hydrogen) atoms. The molecule has 148 valence electrons. The summed E-state index contributed by atoms with van der Waals surface area (Å²) < 4.78 is 5.71. The third kappa shape index (κ3) is 5.02. The molecule has 2 aliphatic heterocycles. The van der Waals surface area contributed by atoms with Crippen molar-refractivity contribution < 1.29 is 9.53 Å². The Morgan fingerprint density at radius 1 is 1.10 bits per heavy atom. The summed E-state index contributed by atoms with van der Waals surface area (Å²) in [6, 6.07) is 20.3. The third-order valence-electron chi connectivity index (χ3n) is 5.32. The summed E-state index contributed by atoms with van der Waals surface area (Å²) in [5.74, 6) is 1.15. The van der Waals surface area contributed by atoms with Crippen LogP contribution in [0.2, 0.25) is 0 Å². The standard InChI is InChI=1S/C25H26N2O2/c28-24(13-7-12-20-8-3-1-4-9-20)27-16-14-22(25-26-15-17-29-25)19-23(27)18-21-10-5-2-6-11-21/h1-11,13,18,22H,12,14-17,19H2/b13-7+,23-18?. The Kier molecular flexibility index (Phi) is 6.20. The van der Waals surface area contributed by atoms with Gasteiger partial charge in [-0.05, 0) is 42.5 Å². The van der Waals surface area contributed by atoms with Crippen molar-refractivity contribution in [2.75, 3.05) is 19.7 Å². The Bertz CT molecular complexity index is 916. The second kappa shape index (κ2) is 9.37. The van der Waals surface area contributed by atoms with Crippen LogP contribution in [0, 0.1) is 5.92 Å². The Hall–Kier alpha value is -3.14. The number of piperidine rings is 1. The number of nitrogens with zero attached hydrogens (tertiary/aromatic N) is 2. The first kappa shape index (κ1) is 19.2. The second-order valence-electron chi connectivity index (χ2n) is 7.39. The van der Waals surface area contributed by atoms with E-state index in [1.165, 1.54) is 5.56 Å². The van der Waals surface area contributed by atoms with Crippen molar-refractivity contribution in [3.63, 3.8) is 0 Å². The fraction of sp³-hybridized carbons (Fsp3) is 0.280. The number of aliphatic imine (C=N–C) groups is 1. The molecule has 4 heteroatoms. The summed E-state index contributed by atoms with van der Waals surface area (Å²) >= 11 is 0. The number of rotatable bonds is 5. The van der Waals surface area contributed by atoms with Crippen LogP contribution in [0.15, 0.2) is 83.5 Å². The van der Waals surface area contributed by atoms with Crippen molar-refractivity contribution in [1.29, 1.82) is 0 Å². The van der Waals surface area contributed by atoms with E-state index in [1.54, 1.807) is 6.08 Å². The summed E-state index contributed by atoms with van der Waals surface area (Å²) in [5.41, 5.74) is 3.33. The van der Waals surface area contributed by atoms with Crippen LogP contribution >= 0.6 is 0 Å². The van der Waals surface area contributed by atoms with Crippen molar-refractivity contribution >= 4 is 17.9 Å². The molecule has 0 N–H and O–H groups in total. The molecule has 2 heterocycles. The maximum atomic E-state index is 13.0. The molecule has 1 amide bonds. The molecule has 0 aromatic heterocycles. The Morgan fingerprint density at radius 3 is 2.59 bits per heavy atom. The van der Waals surface area contributed by atoms with E-state index < -0.39 is 0 Å². The van der Waals surface area contributed by atoms with E-state index >= 15 is 0 Å². The van der Waals surface area contributed by atoms with Crippen molar-refractivity contribution in [1.82, 2.24) is 4.90 Å². The lowest BCUT2D eigenvalue weighted by Gasteiger charge is -2.33. The molecule has 4 rings (SSSR count). The first-order valence-electron chi connectivity index (χ1n) is 10.2. The molecule has 1 saturated heterocycles. The quantitative estimate of drug-likeness (QED) is 0.711. The zero-order chi connectivity index (χ0) is 19.9. The minimum absolute atomic E-state index is 0.0378. The van der Waals surface area contributed by atoms with E-state index in [0.29, 0.717) is 13.2 Å². The molecule has 1 fully saturated rings. The number of carbonyl (C=O) groups is 1. The highest BCUT2D eigenvalue weighted by Gasteiger charge is 2.31. The molecule has 2 aromatic carbocycles. The average molecular weight is 386 g/mol. The number of likely N-dealkylation sites (tertiary alicyclic amines) is 1. The fourth-order valence-corrected chi connectivity index (χ4v) is 3.83. The minimum atomic E-state index is 0.0378. The van der Waals surface area contributed by atoms with Crippen LogP contribution in [0.4, 0.5) is 0 Å². The van der Waals surface area contributed by atoms with Gasteiger partial charge in [-0.1, -0.05) is 66.7 Å². The normalized spacial score (nSPS) is 20.7. The van der Waals surface area contributed by atoms with Gasteiger partial charge in [-0.2, -0.15) is 0 Å². The number of hydrogen-bond donors (Lipinski definition) is 0. The molecule has 0 spiro atoms. The molecule has 1 atom stereocenters. The summed E-state index contributed by atoms with van der Waals surface area (Å²) in [6.07, 6.45) is 8.18. The number of benzene rings is 2. The monoisotopic (exact) mass is 386 g/mol. The number of carbonyl (C=O) groups excluding carboxylic acids is 1. The van der Waals surface area contributed by atoms with Crippen molar-refractivity contribution in [3.8, 4) is 0 Å². The number of amides is 1. The van der Waals surface area contributed by atoms with Crippen LogP contribution in [0.3, 0.4) is 0 Å². The van der Waals surface area contributed by atoms with E-state index in [4.69, 9.17) is 4.74 Å². The van der Waals surface area contributed by atoms with Crippen molar-refractivity contribution in [2.45, 2.75) is 19.3 Å². The zero-order valence-corrected chi connectivity index (χ0v) is 16.5. The second-order valence-corrected chi connectivity index (χ2v) is 7.39. The molecule has 2 aromatic rings. The average Bonchev–Trinajstić information content (AvgIpc) is 3.30. The minimum Gasteiger partial charge on any atom is -0.479 e. The molecule has 2 aliphatic rings. The first-order chi connectivity index (χ1) is 14.3. The molecular weight excluding hydrogens is 360 g/mol. The number of hydrogen-bond acceptors (Lipinski definition) is 3. The van der Waals surface area contributed by atoms with Crippen LogP contribution in [0.25, 0.3) is 6.08 Å². The first-order valence-corrected chi connectivity index (χ1v) is 10.2. The Labute approximate surface area is 172 Å². The molecular formula is C25H26N2O2. The smallest absolute Gasteiger partial charge is 0.250 e. The van der Waals surface area contributed by atoms with E-state index in [-0.39, 0.29) is 11.8 Å². The summed E-state index contributed by atoms with van der Waals surface area (Å²) in [7, 11) is 0. The molecule has 4 nitrogen and oxygen atoms in total. The van der Waals surface area contributed by atoms with E-state index in [1.807, 2.05) is 47.4 Å². The highest BCUT2D eigenvalue weighted by atomic mass is 16.5. The fourth-order valence-electron chi connectivity index (χ4n) is 3.83. The lowest BCUT2D eigenvalue weighted by Crippen LogP contribution is -2.38. The summed E-state index contributed by atoms with van der Waals surface area (Å²) in [5, 5.41) is 0. The van der Waals surface area contributed by atoms with Gasteiger partial charge in [-0.15, -0.1) is 0 Å². The maximum Gasteiger partial charge on any atom is 0.250 e. The van der Waals surface area contributed by atoms with Crippen LogP contribution in [0.5, 0.6) is 0 Å². The van der Waals surface area contributed by atoms with E-state index in [9.17, 15) is 4.79 Å². The zero-order valence-electron chi connectivity index (χ0n) is 16.5. The van der Waals surface area contributed by atoms with Gasteiger partial charge in [0.05, 0.1) is 6.54 Å². The van der Waals surface area contributed by atoms with Crippen molar-refractivity contribution in [2.24, 2.45) is 10.9 Å². The SMILES string of the molecule is O=C(/C=C/Cc1ccccc1)N1CCC(C2=NCCO2)CC1=Cc1ccccc1. The van der Waals surface area contributed by atoms with Gasteiger partial charge >= 0.3 is 0 Å². The summed E-state index contributed by atoms with van der Waals surface area (Å²) in [6.45, 7) is 2.10. The Morgan fingerprint density at radius 2 is 1.86 bits per heavy atom. The maximum absolute atomic E-state index is 13.0. The van der Waals surface area contributed by atoms with Crippen LogP contribution < -0.4 is 0 Å². The predicted octanol–water partition coefficient (Wildman–Crippen LogP) is 4.49. The highest BCUT2D eigenvalue weighted by molar-refractivity contribution is 5.90. The van der Waals surface area contributed by atoms with Gasteiger partial charge in [-0.3, -0.25) is 9.79 Å². The summed E-state index contributed by atoms with van der Waals surface area (Å²) in [4.78, 5) is 19.4. The highest BCUT2D eigenvalue weighted by Crippen LogP contribution is 2.30. The molecule has 0 radical (unpaired) electrons. The van der Waals surface area contributed by atoms with E-state index in [0.717, 1.165) is 43.0 Å². The van der Waals surface area contributed by atoms with Crippen LogP contribution in [-0.2, 0) is 16.0 Å². The van der Waals surface area contributed by atoms with Gasteiger partial charge in [0.1, 0.15) is 6.61 Å². The van der Waals surface area contributed by atoms with Gasteiger partial charge in [0, 0.05) is 18.2 Å². The molecule has 1 unspecified atom stereocenters. The van der Waals surface area contributed by atoms with Crippen LogP contribution in [-0.4, -0.2) is 36.4 Å². The van der Waals surface area contributed by atoms with Gasteiger partial charge < -0.3 is 9.64 Å². The van der Waals surface area contributed by atoms with Gasteiger partial charge in [0.2, 0.25) is 5.91 Å². The lowest BCUT2D eigenvalue weighted by atomic mass is 9.92. The molecule has 0 bridgehead atoms. The molecule has 0 aliphatic carbocycles. The Balaban J connectivity index is 1.50. The van der Waals surface area contributed by atoms with Gasteiger partial charge in [-0.25, -0.2) is 0 Å². The third-order valence-corrected chi connectivity index (χ3v) is 5.32. The van der Waals surface area contributed by atoms with Gasteiger partial charge in [0.25, 0.3) is 0 Å². The van der Waals surface area contributed by atoms with Crippen molar-refractivity contribution in [3.05, 3.63) is 89.6 Å². The number of ether oxygens (including phenoxy) is 1. The largest absolute Gasteiger partial charge is 0.479 e. The predicted molar refractivity (Wildman–Crippen MR) is 116 cm³/mol. The lowest BCUT2D eigenvalue weighted by molar-refractivity contribution is -0.125. The van der Waals surface area contributed by atoms with E-state index in [2.05, 4.69) is 35.3 Å².